The highest BCUT2D eigenvalue weighted by Gasteiger charge is 2.00. The lowest BCUT2D eigenvalue weighted by Crippen LogP contribution is -2.07. The maximum atomic E-state index is 9.74. The molecule has 1 heterocycles. The second-order valence-corrected chi connectivity index (χ2v) is 2.14. The summed E-state index contributed by atoms with van der Waals surface area (Å²) in [6.07, 6.45) is 2.24. The summed E-state index contributed by atoms with van der Waals surface area (Å²) in [5, 5.41) is 11.0. The van der Waals surface area contributed by atoms with E-state index in [0.717, 1.165) is 12.2 Å². The van der Waals surface area contributed by atoms with Gasteiger partial charge in [0.25, 0.3) is 0 Å². The standard InChI is InChI=1S/C6H9N5O/c1-2-6-8-9-10-11(6)4-3-7-5-12/h2-4H2,1H3. The molecule has 0 atom stereocenters. The quantitative estimate of drug-likeness (QED) is 0.450. The number of aromatic nitrogens is 4. The topological polar surface area (TPSA) is 73.0 Å². The fourth-order valence-corrected chi connectivity index (χ4v) is 0.841. The van der Waals surface area contributed by atoms with Gasteiger partial charge in [0, 0.05) is 6.42 Å². The zero-order valence-electron chi connectivity index (χ0n) is 6.77. The summed E-state index contributed by atoms with van der Waals surface area (Å²) in [6, 6.07) is 0. The highest BCUT2D eigenvalue weighted by atomic mass is 16.1. The Bertz CT molecular complexity index is 288. The lowest BCUT2D eigenvalue weighted by molar-refractivity contribution is 0.551. The molecule has 0 aliphatic heterocycles. The van der Waals surface area contributed by atoms with E-state index in [1.54, 1.807) is 4.68 Å². The number of nitrogens with zero attached hydrogens (tertiary/aromatic N) is 5. The van der Waals surface area contributed by atoms with Crippen molar-refractivity contribution in [3.63, 3.8) is 0 Å². The SMILES string of the molecule is CCc1nnnn1CCN=C=O. The van der Waals surface area contributed by atoms with Gasteiger partial charge in [0.1, 0.15) is 0 Å². The van der Waals surface area contributed by atoms with Crippen molar-refractivity contribution in [2.24, 2.45) is 4.99 Å². The number of rotatable bonds is 4. The van der Waals surface area contributed by atoms with Gasteiger partial charge in [0.05, 0.1) is 13.1 Å². The molecule has 0 fully saturated rings. The number of hydrogen-bond acceptors (Lipinski definition) is 5. The van der Waals surface area contributed by atoms with Gasteiger partial charge in [0.2, 0.25) is 6.08 Å². The summed E-state index contributed by atoms with van der Waals surface area (Å²) in [7, 11) is 0. The third kappa shape index (κ3) is 1.96. The second-order valence-electron chi connectivity index (χ2n) is 2.14. The molecule has 0 saturated carbocycles. The summed E-state index contributed by atoms with van der Waals surface area (Å²) in [6.45, 7) is 2.87. The third-order valence-corrected chi connectivity index (χ3v) is 1.41. The molecule has 6 nitrogen and oxygen atoms in total. The summed E-state index contributed by atoms with van der Waals surface area (Å²) in [5.74, 6) is 0.802. The first-order valence-corrected chi connectivity index (χ1v) is 3.67. The normalized spacial score (nSPS) is 9.42. The van der Waals surface area contributed by atoms with E-state index < -0.39 is 0 Å². The largest absolute Gasteiger partial charge is 0.235 e. The Balaban J connectivity index is 2.55. The molecule has 0 aromatic carbocycles. The fourth-order valence-electron chi connectivity index (χ4n) is 0.841. The van der Waals surface area contributed by atoms with E-state index in [9.17, 15) is 4.79 Å². The van der Waals surface area contributed by atoms with E-state index in [-0.39, 0.29) is 0 Å². The molecule has 0 bridgehead atoms. The van der Waals surface area contributed by atoms with Gasteiger partial charge < -0.3 is 0 Å². The molecular formula is C6H9N5O. The zero-order valence-corrected chi connectivity index (χ0v) is 6.77. The molecule has 1 rings (SSSR count). The van der Waals surface area contributed by atoms with Crippen LogP contribution in [0.3, 0.4) is 0 Å². The van der Waals surface area contributed by atoms with Gasteiger partial charge in [-0.3, -0.25) is 0 Å². The van der Waals surface area contributed by atoms with Crippen LogP contribution in [0.25, 0.3) is 0 Å². The van der Waals surface area contributed by atoms with Crippen LogP contribution in [0.4, 0.5) is 0 Å². The van der Waals surface area contributed by atoms with E-state index in [1.165, 1.54) is 6.08 Å². The van der Waals surface area contributed by atoms with Crippen molar-refractivity contribution in [1.82, 2.24) is 20.2 Å². The summed E-state index contributed by atoms with van der Waals surface area (Å²) < 4.78 is 1.63. The van der Waals surface area contributed by atoms with E-state index in [2.05, 4.69) is 20.5 Å². The first-order chi connectivity index (χ1) is 5.88. The van der Waals surface area contributed by atoms with Crippen LogP contribution in [0.1, 0.15) is 12.7 Å². The van der Waals surface area contributed by atoms with Gasteiger partial charge in [-0.05, 0) is 10.4 Å². The molecule has 0 saturated heterocycles. The molecule has 0 N–H and O–H groups in total. The van der Waals surface area contributed by atoms with Gasteiger partial charge in [-0.25, -0.2) is 14.5 Å². The van der Waals surface area contributed by atoms with E-state index >= 15 is 0 Å². The van der Waals surface area contributed by atoms with Gasteiger partial charge in [0.15, 0.2) is 5.82 Å². The van der Waals surface area contributed by atoms with Crippen LogP contribution in [-0.2, 0) is 17.8 Å². The van der Waals surface area contributed by atoms with Crippen LogP contribution in [0.5, 0.6) is 0 Å². The van der Waals surface area contributed by atoms with Gasteiger partial charge in [-0.2, -0.15) is 0 Å². The molecule has 12 heavy (non-hydrogen) atoms. The van der Waals surface area contributed by atoms with Crippen LogP contribution in [-0.4, -0.2) is 32.8 Å². The van der Waals surface area contributed by atoms with Crippen LogP contribution < -0.4 is 0 Å². The zero-order chi connectivity index (χ0) is 8.81. The van der Waals surface area contributed by atoms with Crippen LogP contribution in [0.2, 0.25) is 0 Å². The summed E-state index contributed by atoms with van der Waals surface area (Å²) >= 11 is 0. The number of isocyanates is 1. The Kier molecular flexibility index (Phi) is 3.10. The predicted octanol–water partition coefficient (Wildman–Crippen LogP) is -0.429. The van der Waals surface area contributed by atoms with Crippen molar-refractivity contribution in [3.05, 3.63) is 5.82 Å². The van der Waals surface area contributed by atoms with Crippen LogP contribution in [0, 0.1) is 0 Å². The van der Waals surface area contributed by atoms with Crippen molar-refractivity contribution >= 4 is 6.08 Å². The molecule has 0 radical (unpaired) electrons. The summed E-state index contributed by atoms with van der Waals surface area (Å²) in [4.78, 5) is 13.1. The molecule has 0 aliphatic carbocycles. The minimum absolute atomic E-state index is 0.377. The lowest BCUT2D eigenvalue weighted by Gasteiger charge is -1.97. The Labute approximate surface area is 69.3 Å². The highest BCUT2D eigenvalue weighted by molar-refractivity contribution is 5.32. The first-order valence-electron chi connectivity index (χ1n) is 3.67. The Morgan fingerprint density at radius 2 is 2.50 bits per heavy atom. The van der Waals surface area contributed by atoms with Crippen molar-refractivity contribution in [1.29, 1.82) is 0 Å². The van der Waals surface area contributed by atoms with Crippen LogP contribution >= 0.6 is 0 Å². The molecule has 0 spiro atoms. The summed E-state index contributed by atoms with van der Waals surface area (Å²) in [5.41, 5.74) is 0. The van der Waals surface area contributed by atoms with Crippen molar-refractivity contribution < 1.29 is 4.79 Å². The molecule has 0 amide bonds. The molecule has 1 aromatic heterocycles. The number of carbonyl (C=O) groups excluding carboxylic acids is 1. The molecule has 0 unspecified atom stereocenters. The second kappa shape index (κ2) is 4.35. The van der Waals surface area contributed by atoms with Gasteiger partial charge in [-0.1, -0.05) is 6.92 Å². The number of tetrazole rings is 1. The third-order valence-electron chi connectivity index (χ3n) is 1.41. The van der Waals surface area contributed by atoms with Gasteiger partial charge >= 0.3 is 0 Å². The van der Waals surface area contributed by atoms with Crippen molar-refractivity contribution in [3.8, 4) is 0 Å². The minimum Gasteiger partial charge on any atom is -0.228 e. The Morgan fingerprint density at radius 1 is 1.67 bits per heavy atom. The number of aliphatic imine (C=N–C) groups is 1. The maximum absolute atomic E-state index is 9.74. The number of hydrogen-bond donors (Lipinski definition) is 0. The molecular weight excluding hydrogens is 158 g/mol. The Hall–Kier alpha value is -1.55. The Morgan fingerprint density at radius 3 is 3.17 bits per heavy atom. The lowest BCUT2D eigenvalue weighted by atomic mass is 10.4. The first kappa shape index (κ1) is 8.55. The van der Waals surface area contributed by atoms with Crippen LogP contribution in [0.15, 0.2) is 4.99 Å². The van der Waals surface area contributed by atoms with E-state index in [1.807, 2.05) is 6.92 Å². The minimum atomic E-state index is 0.377. The molecule has 0 aliphatic rings. The molecule has 64 valence electrons. The van der Waals surface area contributed by atoms with Crippen molar-refractivity contribution in [2.45, 2.75) is 19.9 Å². The average molecular weight is 167 g/mol. The molecule has 1 aromatic rings. The van der Waals surface area contributed by atoms with E-state index in [0.29, 0.717) is 13.1 Å². The van der Waals surface area contributed by atoms with Crippen molar-refractivity contribution in [2.75, 3.05) is 6.54 Å². The van der Waals surface area contributed by atoms with Gasteiger partial charge in [-0.15, -0.1) is 5.10 Å². The molecule has 6 heteroatoms. The fraction of sp³-hybridized carbons (Fsp3) is 0.667. The number of aryl methyl sites for hydroxylation is 1. The van der Waals surface area contributed by atoms with E-state index in [4.69, 9.17) is 0 Å². The average Bonchev–Trinajstić information content (AvgIpc) is 2.52. The maximum Gasteiger partial charge on any atom is 0.235 e. The smallest absolute Gasteiger partial charge is 0.228 e. The highest BCUT2D eigenvalue weighted by Crippen LogP contribution is 1.91. The monoisotopic (exact) mass is 167 g/mol. The predicted molar refractivity (Wildman–Crippen MR) is 40.2 cm³/mol.